The minimum absolute atomic E-state index is 0.0233. The van der Waals surface area contributed by atoms with Gasteiger partial charge in [-0.25, -0.2) is 0 Å². The maximum atomic E-state index is 11.8. The summed E-state index contributed by atoms with van der Waals surface area (Å²) in [7, 11) is 0. The number of carbonyl (C=O) groups is 2. The molecule has 0 bridgehead atoms. The van der Waals surface area contributed by atoms with Crippen LogP contribution in [0.3, 0.4) is 0 Å². The number of rotatable bonds is 6. The van der Waals surface area contributed by atoms with E-state index in [2.05, 4.69) is 10.6 Å². The Morgan fingerprint density at radius 3 is 2.43 bits per heavy atom. The first-order valence-electron chi connectivity index (χ1n) is 6.90. The largest absolute Gasteiger partial charge is 0.348 e. The van der Waals surface area contributed by atoms with Crippen molar-refractivity contribution >= 4 is 23.4 Å². The Bertz CT molecular complexity index is 505. The fraction of sp³-hybridized carbons (Fsp3) is 0.467. The first-order valence-corrected chi connectivity index (χ1v) is 7.27. The molecular formula is C15H22ClN3O2. The van der Waals surface area contributed by atoms with E-state index in [-0.39, 0.29) is 30.3 Å². The van der Waals surface area contributed by atoms with Crippen LogP contribution in [0.2, 0.25) is 5.02 Å². The molecule has 4 N–H and O–H groups in total. The monoisotopic (exact) mass is 311 g/mol. The van der Waals surface area contributed by atoms with Gasteiger partial charge in [-0.05, 0) is 24.5 Å². The second-order valence-corrected chi connectivity index (χ2v) is 5.71. The van der Waals surface area contributed by atoms with E-state index in [4.69, 9.17) is 17.3 Å². The van der Waals surface area contributed by atoms with E-state index in [1.165, 1.54) is 0 Å². The minimum Gasteiger partial charge on any atom is -0.348 e. The summed E-state index contributed by atoms with van der Waals surface area (Å²) in [4.78, 5) is 23.5. The Morgan fingerprint density at radius 1 is 1.24 bits per heavy atom. The number of carbonyl (C=O) groups excluding carboxylic acids is 2. The van der Waals surface area contributed by atoms with Gasteiger partial charge in [-0.15, -0.1) is 0 Å². The zero-order valence-corrected chi connectivity index (χ0v) is 13.3. The molecule has 1 aromatic rings. The summed E-state index contributed by atoms with van der Waals surface area (Å²) >= 11 is 6.07. The predicted molar refractivity (Wildman–Crippen MR) is 83.8 cm³/mol. The maximum absolute atomic E-state index is 11.8. The third-order valence-corrected chi connectivity index (χ3v) is 3.54. The standard InChI is InChI=1S/C15H22ClN3O2/c1-9(2)14(17)15(21)18-8-13(20)19-10(3)11-6-4-5-7-12(11)16/h4-7,9-10,14H,8,17H2,1-3H3,(H,18,21)(H,19,20)/t10-,14+/m1/s1. The number of hydrogen-bond donors (Lipinski definition) is 3. The number of nitrogens with one attached hydrogen (secondary N) is 2. The van der Waals surface area contributed by atoms with Gasteiger partial charge in [0, 0.05) is 5.02 Å². The van der Waals surface area contributed by atoms with Crippen LogP contribution < -0.4 is 16.4 Å². The lowest BCUT2D eigenvalue weighted by Crippen LogP contribution is -2.47. The summed E-state index contributed by atoms with van der Waals surface area (Å²) in [6.45, 7) is 5.43. The summed E-state index contributed by atoms with van der Waals surface area (Å²) in [6, 6.07) is 6.45. The summed E-state index contributed by atoms with van der Waals surface area (Å²) in [6.07, 6.45) is 0. The molecule has 0 aliphatic rings. The van der Waals surface area contributed by atoms with E-state index < -0.39 is 6.04 Å². The number of benzene rings is 1. The second-order valence-electron chi connectivity index (χ2n) is 5.30. The van der Waals surface area contributed by atoms with Gasteiger partial charge in [0.05, 0.1) is 18.6 Å². The molecule has 0 spiro atoms. The molecule has 21 heavy (non-hydrogen) atoms. The number of halogens is 1. The number of nitrogens with two attached hydrogens (primary N) is 1. The van der Waals surface area contributed by atoms with E-state index in [1.54, 1.807) is 6.07 Å². The highest BCUT2D eigenvalue weighted by atomic mass is 35.5. The average molecular weight is 312 g/mol. The van der Waals surface area contributed by atoms with Gasteiger partial charge in [-0.3, -0.25) is 9.59 Å². The molecule has 0 saturated heterocycles. The van der Waals surface area contributed by atoms with Crippen molar-refractivity contribution in [2.75, 3.05) is 6.54 Å². The topological polar surface area (TPSA) is 84.2 Å². The summed E-state index contributed by atoms with van der Waals surface area (Å²) in [5.41, 5.74) is 6.53. The van der Waals surface area contributed by atoms with E-state index in [0.717, 1.165) is 5.56 Å². The molecule has 116 valence electrons. The lowest BCUT2D eigenvalue weighted by atomic mass is 10.1. The third kappa shape index (κ3) is 5.36. The molecule has 1 aromatic carbocycles. The zero-order valence-electron chi connectivity index (χ0n) is 12.5. The molecule has 0 heterocycles. The van der Waals surface area contributed by atoms with E-state index in [0.29, 0.717) is 5.02 Å². The highest BCUT2D eigenvalue weighted by Crippen LogP contribution is 2.21. The van der Waals surface area contributed by atoms with Gasteiger partial charge in [-0.2, -0.15) is 0 Å². The lowest BCUT2D eigenvalue weighted by molar-refractivity contribution is -0.127. The molecule has 0 aliphatic heterocycles. The first kappa shape index (κ1) is 17.5. The number of hydrogen-bond acceptors (Lipinski definition) is 3. The average Bonchev–Trinajstić information content (AvgIpc) is 2.44. The molecule has 0 radical (unpaired) electrons. The molecule has 0 aliphatic carbocycles. The molecule has 6 heteroatoms. The molecule has 0 fully saturated rings. The van der Waals surface area contributed by atoms with Gasteiger partial charge >= 0.3 is 0 Å². The Hall–Kier alpha value is -1.59. The third-order valence-electron chi connectivity index (χ3n) is 3.19. The van der Waals surface area contributed by atoms with E-state index >= 15 is 0 Å². The molecule has 0 aromatic heterocycles. The Kier molecular flexibility index (Phi) is 6.65. The number of amides is 2. The van der Waals surface area contributed by atoms with Crippen LogP contribution in [0.25, 0.3) is 0 Å². The molecule has 2 atom stereocenters. The van der Waals surface area contributed by atoms with Crippen molar-refractivity contribution in [1.82, 2.24) is 10.6 Å². The SMILES string of the molecule is CC(C)[C@H](N)C(=O)NCC(=O)N[C@H](C)c1ccccc1Cl. The molecule has 0 saturated carbocycles. The van der Waals surface area contributed by atoms with Crippen LogP contribution in [-0.2, 0) is 9.59 Å². The highest BCUT2D eigenvalue weighted by Gasteiger charge is 2.18. The van der Waals surface area contributed by atoms with Crippen molar-refractivity contribution in [3.8, 4) is 0 Å². The summed E-state index contributed by atoms with van der Waals surface area (Å²) in [5.74, 6) is -0.590. The summed E-state index contributed by atoms with van der Waals surface area (Å²) in [5, 5.41) is 5.90. The Labute approximate surface area is 130 Å². The molecule has 2 amide bonds. The fourth-order valence-electron chi connectivity index (χ4n) is 1.78. The van der Waals surface area contributed by atoms with Crippen LogP contribution in [0.1, 0.15) is 32.4 Å². The van der Waals surface area contributed by atoms with E-state index in [1.807, 2.05) is 39.0 Å². The van der Waals surface area contributed by atoms with Crippen LogP contribution in [0.15, 0.2) is 24.3 Å². The van der Waals surface area contributed by atoms with Crippen molar-refractivity contribution in [2.24, 2.45) is 11.7 Å². The van der Waals surface area contributed by atoms with Gasteiger partial charge in [0.25, 0.3) is 0 Å². The van der Waals surface area contributed by atoms with Gasteiger partial charge in [0.1, 0.15) is 0 Å². The molecule has 5 nitrogen and oxygen atoms in total. The van der Waals surface area contributed by atoms with E-state index in [9.17, 15) is 9.59 Å². The van der Waals surface area contributed by atoms with Crippen molar-refractivity contribution < 1.29 is 9.59 Å². The van der Waals surface area contributed by atoms with Gasteiger partial charge in [0.2, 0.25) is 11.8 Å². The Balaban J connectivity index is 2.48. The van der Waals surface area contributed by atoms with Crippen LogP contribution >= 0.6 is 11.6 Å². The molecular weight excluding hydrogens is 290 g/mol. The van der Waals surface area contributed by atoms with Crippen molar-refractivity contribution in [1.29, 1.82) is 0 Å². The quantitative estimate of drug-likeness (QED) is 0.746. The van der Waals surface area contributed by atoms with Crippen LogP contribution in [0.4, 0.5) is 0 Å². The van der Waals surface area contributed by atoms with Crippen LogP contribution in [0.5, 0.6) is 0 Å². The first-order chi connectivity index (χ1) is 9.82. The van der Waals surface area contributed by atoms with Gasteiger partial charge in [0.15, 0.2) is 0 Å². The highest BCUT2D eigenvalue weighted by molar-refractivity contribution is 6.31. The van der Waals surface area contributed by atoms with Crippen LogP contribution in [-0.4, -0.2) is 24.4 Å². The van der Waals surface area contributed by atoms with Crippen molar-refractivity contribution in [3.63, 3.8) is 0 Å². The lowest BCUT2D eigenvalue weighted by Gasteiger charge is -2.18. The van der Waals surface area contributed by atoms with Crippen LogP contribution in [0, 0.1) is 5.92 Å². The predicted octanol–water partition coefficient (Wildman–Crippen LogP) is 1.62. The van der Waals surface area contributed by atoms with Crippen molar-refractivity contribution in [3.05, 3.63) is 34.9 Å². The molecule has 0 unspecified atom stereocenters. The normalized spacial score (nSPS) is 13.6. The minimum atomic E-state index is -0.612. The molecule has 1 rings (SSSR count). The van der Waals surface area contributed by atoms with Gasteiger partial charge in [-0.1, -0.05) is 43.6 Å². The van der Waals surface area contributed by atoms with Crippen molar-refractivity contribution in [2.45, 2.75) is 32.9 Å². The fourth-order valence-corrected chi connectivity index (χ4v) is 2.08. The van der Waals surface area contributed by atoms with Gasteiger partial charge < -0.3 is 16.4 Å². The second kappa shape index (κ2) is 8.00. The smallest absolute Gasteiger partial charge is 0.239 e. The Morgan fingerprint density at radius 2 is 1.86 bits per heavy atom. The summed E-state index contributed by atoms with van der Waals surface area (Å²) < 4.78 is 0. The maximum Gasteiger partial charge on any atom is 0.239 e. The zero-order chi connectivity index (χ0) is 16.0.